The number of fused-ring (bicyclic) bond motifs is 2. The van der Waals surface area contributed by atoms with Gasteiger partial charge in [0.1, 0.15) is 16.8 Å². The van der Waals surface area contributed by atoms with Gasteiger partial charge in [0.2, 0.25) is 17.8 Å². The second-order valence-electron chi connectivity index (χ2n) is 17.4. The van der Waals surface area contributed by atoms with Crippen LogP contribution in [0.15, 0.2) is 47.4 Å². The summed E-state index contributed by atoms with van der Waals surface area (Å²) in [5, 5.41) is 9.35. The lowest BCUT2D eigenvalue weighted by Gasteiger charge is -2.50. The van der Waals surface area contributed by atoms with E-state index in [1.54, 1.807) is 28.8 Å². The van der Waals surface area contributed by atoms with Gasteiger partial charge in [0.05, 0.1) is 31.1 Å². The first-order chi connectivity index (χ1) is 30.2. The van der Waals surface area contributed by atoms with Crippen molar-refractivity contribution in [3.05, 3.63) is 69.1 Å². The van der Waals surface area contributed by atoms with Gasteiger partial charge in [0.15, 0.2) is 18.2 Å². The summed E-state index contributed by atoms with van der Waals surface area (Å²) in [5.41, 5.74) is 3.34. The number of likely N-dealkylation sites (N-methyl/N-ethyl adjacent to an activating group) is 1. The number of amides is 4. The Morgan fingerprint density at radius 3 is 2.41 bits per heavy atom. The van der Waals surface area contributed by atoms with Crippen LogP contribution in [0, 0.1) is 5.92 Å². The number of benzene rings is 2. The SMILES string of the molecule is CNC(=O)COc1cc2cc(Nc3nc(N4CCN(C(C)(C)C5CCN(c6ccc7c(c6OC)CN(C6CCC(=O)NC6=O)C7=O)CC5)CC4)ncc3Cl)ccc2n(C(C)C)c1=O. The molecule has 0 bridgehead atoms. The minimum absolute atomic E-state index is 0.0629. The lowest BCUT2D eigenvalue weighted by atomic mass is 9.78. The van der Waals surface area contributed by atoms with Crippen LogP contribution in [0.2, 0.25) is 5.02 Å². The highest BCUT2D eigenvalue weighted by Crippen LogP contribution is 2.43. The lowest BCUT2D eigenvalue weighted by Crippen LogP contribution is -2.59. The number of nitrogens with one attached hydrogen (secondary N) is 3. The molecule has 2 aromatic carbocycles. The molecule has 63 heavy (non-hydrogen) atoms. The van der Waals surface area contributed by atoms with E-state index in [1.807, 2.05) is 44.2 Å². The van der Waals surface area contributed by atoms with Crippen LogP contribution in [0.1, 0.15) is 75.3 Å². The van der Waals surface area contributed by atoms with E-state index in [2.05, 4.69) is 49.5 Å². The van der Waals surface area contributed by atoms with Crippen LogP contribution in [-0.2, 0) is 20.9 Å². The first kappa shape index (κ1) is 43.7. The molecular formula is C45H55ClN10O7. The molecule has 3 fully saturated rings. The number of piperidine rings is 2. The molecule has 4 aliphatic heterocycles. The number of methoxy groups -OCH3 is 1. The highest BCUT2D eigenvalue weighted by molar-refractivity contribution is 6.33. The third kappa shape index (κ3) is 8.47. The van der Waals surface area contributed by atoms with E-state index in [4.69, 9.17) is 26.1 Å². The van der Waals surface area contributed by atoms with Crippen molar-refractivity contribution in [2.45, 2.75) is 77.5 Å². The number of pyridine rings is 1. The lowest BCUT2D eigenvalue weighted by molar-refractivity contribution is -0.137. The summed E-state index contributed by atoms with van der Waals surface area (Å²) in [6.45, 7) is 13.4. The van der Waals surface area contributed by atoms with Crippen LogP contribution in [0.5, 0.6) is 11.5 Å². The van der Waals surface area contributed by atoms with Crippen LogP contribution in [0.25, 0.3) is 10.9 Å². The van der Waals surface area contributed by atoms with E-state index in [9.17, 15) is 24.0 Å². The number of halogens is 1. The van der Waals surface area contributed by atoms with Gasteiger partial charge in [-0.3, -0.25) is 34.2 Å². The summed E-state index contributed by atoms with van der Waals surface area (Å²) in [6.07, 6.45) is 4.10. The van der Waals surface area contributed by atoms with Crippen molar-refractivity contribution in [3.8, 4) is 11.5 Å². The Kier molecular flexibility index (Phi) is 12.3. The molecule has 1 atom stereocenters. The molecule has 1 unspecified atom stereocenters. The zero-order valence-corrected chi connectivity index (χ0v) is 37.4. The summed E-state index contributed by atoms with van der Waals surface area (Å²) in [7, 11) is 3.14. The highest BCUT2D eigenvalue weighted by atomic mass is 35.5. The first-order valence-electron chi connectivity index (χ1n) is 21.6. The molecule has 0 aliphatic carbocycles. The number of imide groups is 1. The van der Waals surface area contributed by atoms with Crippen molar-refractivity contribution in [3.63, 3.8) is 0 Å². The Morgan fingerprint density at radius 1 is 0.984 bits per heavy atom. The Morgan fingerprint density at radius 2 is 1.73 bits per heavy atom. The Labute approximate surface area is 371 Å². The molecule has 4 aromatic rings. The summed E-state index contributed by atoms with van der Waals surface area (Å²) >= 11 is 6.64. The Bertz CT molecular complexity index is 2510. The van der Waals surface area contributed by atoms with Gasteiger partial charge in [0.25, 0.3) is 17.4 Å². The van der Waals surface area contributed by atoms with Gasteiger partial charge in [-0.25, -0.2) is 4.98 Å². The molecule has 334 valence electrons. The zero-order valence-electron chi connectivity index (χ0n) is 36.6. The maximum Gasteiger partial charge on any atom is 0.293 e. The van der Waals surface area contributed by atoms with Crippen molar-refractivity contribution in [1.82, 2.24) is 35.0 Å². The molecule has 0 spiro atoms. The fourth-order valence-corrected chi connectivity index (χ4v) is 9.75. The summed E-state index contributed by atoms with van der Waals surface area (Å²) in [4.78, 5) is 81.1. The second kappa shape index (κ2) is 17.7. The van der Waals surface area contributed by atoms with Gasteiger partial charge in [0, 0.05) is 86.5 Å². The molecule has 0 radical (unpaired) electrons. The minimum atomic E-state index is -0.680. The van der Waals surface area contributed by atoms with E-state index in [0.717, 1.165) is 74.3 Å². The average Bonchev–Trinajstić information content (AvgIpc) is 3.61. The smallest absolute Gasteiger partial charge is 0.293 e. The molecular weight excluding hydrogens is 828 g/mol. The van der Waals surface area contributed by atoms with E-state index in [-0.39, 0.29) is 60.2 Å². The van der Waals surface area contributed by atoms with Crippen molar-refractivity contribution in [2.75, 3.05) is 75.1 Å². The van der Waals surface area contributed by atoms with Crippen molar-refractivity contribution in [1.29, 1.82) is 0 Å². The Hall–Kier alpha value is -5.94. The summed E-state index contributed by atoms with van der Waals surface area (Å²) in [5.74, 6) is 0.958. The third-order valence-electron chi connectivity index (χ3n) is 13.2. The number of piperazine rings is 1. The zero-order chi connectivity index (χ0) is 44.7. The molecule has 18 heteroatoms. The first-order valence-corrected chi connectivity index (χ1v) is 22.0. The molecule has 8 rings (SSSR count). The number of ether oxygens (including phenoxy) is 2. The number of anilines is 4. The molecule has 17 nitrogen and oxygen atoms in total. The van der Waals surface area contributed by atoms with Crippen LogP contribution < -0.4 is 40.8 Å². The number of rotatable bonds is 12. The van der Waals surface area contributed by atoms with E-state index in [1.165, 1.54) is 7.05 Å². The number of carbonyl (C=O) groups is 4. The quantitative estimate of drug-likeness (QED) is 0.170. The predicted octanol–water partition coefficient (Wildman–Crippen LogP) is 4.48. The van der Waals surface area contributed by atoms with Crippen molar-refractivity contribution < 1.29 is 28.7 Å². The maximum atomic E-state index is 13.4. The van der Waals surface area contributed by atoms with Crippen molar-refractivity contribution in [2.24, 2.45) is 5.92 Å². The minimum Gasteiger partial charge on any atom is -0.494 e. The molecule has 3 N–H and O–H groups in total. The van der Waals surface area contributed by atoms with Gasteiger partial charge in [-0.2, -0.15) is 4.98 Å². The third-order valence-corrected chi connectivity index (χ3v) is 13.5. The number of aromatic nitrogens is 3. The molecule has 4 amide bonds. The van der Waals surface area contributed by atoms with Gasteiger partial charge in [-0.1, -0.05) is 11.6 Å². The second-order valence-corrected chi connectivity index (χ2v) is 17.8. The highest BCUT2D eigenvalue weighted by Gasteiger charge is 2.42. The fraction of sp³-hybridized carbons (Fsp3) is 0.489. The van der Waals surface area contributed by atoms with Gasteiger partial charge in [-0.15, -0.1) is 0 Å². The normalized spacial score (nSPS) is 18.8. The maximum absolute atomic E-state index is 13.4. The fourth-order valence-electron chi connectivity index (χ4n) is 9.61. The van der Waals surface area contributed by atoms with Crippen LogP contribution >= 0.6 is 11.6 Å². The summed E-state index contributed by atoms with van der Waals surface area (Å²) in [6, 6.07) is 10.3. The van der Waals surface area contributed by atoms with Crippen LogP contribution in [0.3, 0.4) is 0 Å². The van der Waals surface area contributed by atoms with Crippen LogP contribution in [-0.4, -0.2) is 120 Å². The topological polar surface area (TPSA) is 184 Å². The number of hydrogen-bond acceptors (Lipinski definition) is 13. The van der Waals surface area contributed by atoms with Gasteiger partial charge >= 0.3 is 0 Å². The predicted molar refractivity (Wildman–Crippen MR) is 240 cm³/mol. The standard InChI is InChI=1S/C45H55ClN10O7/c1-26(2)56-33-9-7-29(21-27(33)22-36(43(56)61)63-25-38(58)47-5)49-40-32(46)23-48-44(51-40)53-17-19-54(20-18-53)45(3,4)28-13-15-52(16-14-28)34-10-8-30-31(39(34)62-6)24-55(42(30)60)35-11-12-37(57)50-41(35)59/h7-10,21-23,26,28,35H,11-20,24-25H2,1-6H3,(H,47,58)(H,48,49,51)(H,50,57,59). The molecule has 2 aromatic heterocycles. The Balaban J connectivity index is 0.896. The van der Waals surface area contributed by atoms with E-state index in [0.29, 0.717) is 46.1 Å². The number of nitrogens with zero attached hydrogens (tertiary/aromatic N) is 7. The molecule has 6 heterocycles. The van der Waals surface area contributed by atoms with Crippen molar-refractivity contribution >= 4 is 69.3 Å². The number of hydrogen-bond donors (Lipinski definition) is 3. The van der Waals surface area contributed by atoms with E-state index >= 15 is 0 Å². The van der Waals surface area contributed by atoms with Crippen LogP contribution in [0.4, 0.5) is 23.1 Å². The molecule has 3 saturated heterocycles. The average molecular weight is 883 g/mol. The largest absolute Gasteiger partial charge is 0.494 e. The molecule has 0 saturated carbocycles. The van der Waals surface area contributed by atoms with E-state index < -0.39 is 11.9 Å². The molecule has 4 aliphatic rings. The monoisotopic (exact) mass is 882 g/mol. The number of carbonyl (C=O) groups excluding carboxylic acids is 4. The van der Waals surface area contributed by atoms with Gasteiger partial charge < -0.3 is 39.4 Å². The van der Waals surface area contributed by atoms with Gasteiger partial charge in [-0.05, 0) is 89.3 Å². The summed E-state index contributed by atoms with van der Waals surface area (Å²) < 4.78 is 13.2.